The first-order valence-electron chi connectivity index (χ1n) is 9.44. The highest BCUT2D eigenvalue weighted by Gasteiger charge is 2.40. The zero-order valence-corrected chi connectivity index (χ0v) is 14.9. The molecule has 1 aromatic rings. The van der Waals surface area contributed by atoms with Crippen LogP contribution in [0.2, 0.25) is 0 Å². The molecule has 4 heterocycles. The number of hydrogen-bond acceptors (Lipinski definition) is 6. The molecule has 0 spiro atoms. The van der Waals surface area contributed by atoms with E-state index >= 15 is 0 Å². The van der Waals surface area contributed by atoms with Gasteiger partial charge in [-0.15, -0.1) is 0 Å². The van der Waals surface area contributed by atoms with Crippen LogP contribution in [0.15, 0.2) is 10.8 Å². The summed E-state index contributed by atoms with van der Waals surface area (Å²) in [6, 6.07) is 0.413. The van der Waals surface area contributed by atoms with E-state index in [9.17, 15) is 4.79 Å². The topological polar surface area (TPSA) is 68.0 Å². The number of rotatable bonds is 4. The second-order valence-electron chi connectivity index (χ2n) is 7.16. The van der Waals surface area contributed by atoms with Crippen LogP contribution in [0.25, 0.3) is 0 Å². The van der Waals surface area contributed by atoms with Crippen LogP contribution in [0.5, 0.6) is 0 Å². The van der Waals surface area contributed by atoms with Crippen molar-refractivity contribution in [3.63, 3.8) is 0 Å². The summed E-state index contributed by atoms with van der Waals surface area (Å²) in [5, 5.41) is 0. The second-order valence-corrected chi connectivity index (χ2v) is 7.16. The number of morpholine rings is 1. The third-order valence-electron chi connectivity index (χ3n) is 5.75. The fourth-order valence-corrected chi connectivity index (χ4v) is 4.32. The largest absolute Gasteiger partial charge is 0.445 e. The number of likely N-dealkylation sites (tertiary alicyclic amines) is 1. The van der Waals surface area contributed by atoms with Crippen LogP contribution in [-0.2, 0) is 9.47 Å². The van der Waals surface area contributed by atoms with Crippen LogP contribution in [0.4, 0.5) is 0 Å². The predicted octanol–water partition coefficient (Wildman–Crippen LogP) is 1.71. The summed E-state index contributed by atoms with van der Waals surface area (Å²) in [7, 11) is 0. The lowest BCUT2D eigenvalue weighted by atomic mass is 9.99. The number of carbonyl (C=O) groups is 1. The van der Waals surface area contributed by atoms with Crippen molar-refractivity contribution in [2.75, 3.05) is 46.0 Å². The van der Waals surface area contributed by atoms with Crippen molar-refractivity contribution in [3.8, 4) is 0 Å². The van der Waals surface area contributed by atoms with E-state index in [2.05, 4.69) is 16.8 Å². The highest BCUT2D eigenvalue weighted by molar-refractivity contribution is 5.93. The van der Waals surface area contributed by atoms with E-state index in [1.165, 1.54) is 6.39 Å². The fraction of sp³-hybridized carbons (Fsp3) is 0.778. The average molecular weight is 349 g/mol. The van der Waals surface area contributed by atoms with Crippen molar-refractivity contribution >= 4 is 5.91 Å². The van der Waals surface area contributed by atoms with Gasteiger partial charge in [-0.3, -0.25) is 9.69 Å². The summed E-state index contributed by atoms with van der Waals surface area (Å²) in [5.41, 5.74) is 0.435. The van der Waals surface area contributed by atoms with Crippen LogP contribution >= 0.6 is 0 Å². The maximum atomic E-state index is 13.1. The number of aromatic nitrogens is 1. The molecule has 3 atom stereocenters. The van der Waals surface area contributed by atoms with Gasteiger partial charge in [-0.05, 0) is 18.8 Å². The molecule has 0 radical (unpaired) electrons. The summed E-state index contributed by atoms with van der Waals surface area (Å²) in [6.07, 6.45) is 4.21. The molecule has 1 aromatic heterocycles. The van der Waals surface area contributed by atoms with Gasteiger partial charge in [0, 0.05) is 38.8 Å². The Bertz CT molecular complexity index is 593. The molecule has 7 nitrogen and oxygen atoms in total. The molecular weight excluding hydrogens is 322 g/mol. The van der Waals surface area contributed by atoms with Crippen LogP contribution < -0.4 is 0 Å². The minimum atomic E-state index is -0.124. The molecule has 0 bridgehead atoms. The van der Waals surface area contributed by atoms with Crippen LogP contribution in [0.3, 0.4) is 0 Å². The van der Waals surface area contributed by atoms with Crippen molar-refractivity contribution in [2.45, 2.75) is 38.3 Å². The lowest BCUT2D eigenvalue weighted by Crippen LogP contribution is -2.47. The van der Waals surface area contributed by atoms with Crippen LogP contribution in [0, 0.1) is 5.92 Å². The molecule has 3 fully saturated rings. The minimum absolute atomic E-state index is 0.0199. The summed E-state index contributed by atoms with van der Waals surface area (Å²) in [4.78, 5) is 21.7. The van der Waals surface area contributed by atoms with E-state index in [0.717, 1.165) is 65.3 Å². The van der Waals surface area contributed by atoms with E-state index in [4.69, 9.17) is 13.9 Å². The standard InChI is InChI=1S/C18H27N3O4/c1-2-13-10-21(11-14(13)20-5-8-23-9-6-20)18(22)16-17(25-12-19-16)15-4-3-7-24-15/h12-15H,2-11H2,1H3/t13-,14-,15+/m1/s1. The average Bonchev–Trinajstić information content (AvgIpc) is 3.41. The van der Waals surface area contributed by atoms with Gasteiger partial charge >= 0.3 is 0 Å². The number of carbonyl (C=O) groups excluding carboxylic acids is 1. The number of ether oxygens (including phenoxy) is 2. The van der Waals surface area contributed by atoms with Crippen molar-refractivity contribution in [1.82, 2.24) is 14.8 Å². The van der Waals surface area contributed by atoms with E-state index in [1.807, 2.05) is 4.90 Å². The lowest BCUT2D eigenvalue weighted by Gasteiger charge is -2.34. The lowest BCUT2D eigenvalue weighted by molar-refractivity contribution is 0.0102. The quantitative estimate of drug-likeness (QED) is 0.824. The highest BCUT2D eigenvalue weighted by atomic mass is 16.5. The summed E-state index contributed by atoms with van der Waals surface area (Å²) < 4.78 is 16.7. The van der Waals surface area contributed by atoms with Gasteiger partial charge in [0.2, 0.25) is 0 Å². The molecule has 0 unspecified atom stereocenters. The van der Waals surface area contributed by atoms with Gasteiger partial charge < -0.3 is 18.8 Å². The molecule has 3 aliphatic heterocycles. The zero-order valence-electron chi connectivity index (χ0n) is 14.9. The van der Waals surface area contributed by atoms with Crippen molar-refractivity contribution < 1.29 is 18.7 Å². The maximum Gasteiger partial charge on any atom is 0.276 e. The minimum Gasteiger partial charge on any atom is -0.445 e. The van der Waals surface area contributed by atoms with Crippen LogP contribution in [-0.4, -0.2) is 72.7 Å². The van der Waals surface area contributed by atoms with Gasteiger partial charge in [0.15, 0.2) is 17.8 Å². The van der Waals surface area contributed by atoms with E-state index in [1.54, 1.807) is 0 Å². The normalized spacial score (nSPS) is 30.9. The molecule has 138 valence electrons. The molecule has 0 N–H and O–H groups in total. The second kappa shape index (κ2) is 7.43. The zero-order chi connectivity index (χ0) is 17.2. The monoisotopic (exact) mass is 349 g/mol. The highest BCUT2D eigenvalue weighted by Crippen LogP contribution is 2.32. The Labute approximate surface area is 148 Å². The summed E-state index contributed by atoms with van der Waals surface area (Å²) >= 11 is 0. The van der Waals surface area contributed by atoms with E-state index in [-0.39, 0.29) is 12.0 Å². The van der Waals surface area contributed by atoms with Gasteiger partial charge in [0.1, 0.15) is 6.10 Å². The van der Waals surface area contributed by atoms with Crippen molar-refractivity contribution in [2.24, 2.45) is 5.92 Å². The van der Waals surface area contributed by atoms with Crippen molar-refractivity contribution in [1.29, 1.82) is 0 Å². The number of hydrogen-bond donors (Lipinski definition) is 0. The Morgan fingerprint density at radius 1 is 1.28 bits per heavy atom. The first kappa shape index (κ1) is 17.0. The first-order valence-corrected chi connectivity index (χ1v) is 9.44. The van der Waals surface area contributed by atoms with Gasteiger partial charge in [0.05, 0.1) is 13.2 Å². The third-order valence-corrected chi connectivity index (χ3v) is 5.75. The molecule has 3 saturated heterocycles. The smallest absolute Gasteiger partial charge is 0.276 e. The Hall–Kier alpha value is -1.44. The molecule has 0 aliphatic carbocycles. The molecule has 4 rings (SSSR count). The summed E-state index contributed by atoms with van der Waals surface area (Å²) in [5.74, 6) is 1.08. The Morgan fingerprint density at radius 2 is 2.12 bits per heavy atom. The molecule has 0 aromatic carbocycles. The predicted molar refractivity (Wildman–Crippen MR) is 90.3 cm³/mol. The number of nitrogens with zero attached hydrogens (tertiary/aromatic N) is 3. The van der Waals surface area contributed by atoms with E-state index in [0.29, 0.717) is 23.4 Å². The Morgan fingerprint density at radius 3 is 2.84 bits per heavy atom. The van der Waals surface area contributed by atoms with E-state index < -0.39 is 0 Å². The first-order chi connectivity index (χ1) is 12.3. The fourth-order valence-electron chi connectivity index (χ4n) is 4.32. The SMILES string of the molecule is CC[C@@H]1CN(C(=O)c2ncoc2[C@@H]2CCCO2)C[C@H]1N1CCOCC1. The number of oxazole rings is 1. The summed E-state index contributed by atoms with van der Waals surface area (Å²) in [6.45, 7) is 7.95. The van der Waals surface area contributed by atoms with Crippen molar-refractivity contribution in [3.05, 3.63) is 17.8 Å². The van der Waals surface area contributed by atoms with Gasteiger partial charge in [0.25, 0.3) is 5.91 Å². The molecule has 7 heteroatoms. The molecular formula is C18H27N3O4. The van der Waals surface area contributed by atoms with Gasteiger partial charge in [-0.25, -0.2) is 4.98 Å². The molecule has 0 saturated carbocycles. The number of amides is 1. The molecule has 25 heavy (non-hydrogen) atoms. The molecule has 3 aliphatic rings. The molecule has 1 amide bonds. The third kappa shape index (κ3) is 3.32. The Kier molecular flexibility index (Phi) is 5.05. The van der Waals surface area contributed by atoms with Gasteiger partial charge in [-0.2, -0.15) is 0 Å². The van der Waals surface area contributed by atoms with Crippen LogP contribution in [0.1, 0.15) is 48.5 Å². The maximum absolute atomic E-state index is 13.1. The van der Waals surface area contributed by atoms with Gasteiger partial charge in [-0.1, -0.05) is 13.3 Å². The Balaban J connectivity index is 1.48.